The summed E-state index contributed by atoms with van der Waals surface area (Å²) in [6, 6.07) is 8.83. The highest BCUT2D eigenvalue weighted by Crippen LogP contribution is 2.39. The van der Waals surface area contributed by atoms with Crippen molar-refractivity contribution in [1.82, 2.24) is 25.2 Å². The number of hydrogen-bond donors (Lipinski definition) is 1. The molecule has 0 saturated heterocycles. The summed E-state index contributed by atoms with van der Waals surface area (Å²) >= 11 is 0. The number of esters is 1. The fourth-order valence-corrected chi connectivity index (χ4v) is 3.26. The molecule has 7 nitrogen and oxygen atoms in total. The van der Waals surface area contributed by atoms with Gasteiger partial charge in [0, 0.05) is 17.7 Å². The molecule has 0 aliphatic heterocycles. The highest BCUT2D eigenvalue weighted by Gasteiger charge is 2.46. The molecular formula is C20H22F3N5O2. The molecule has 0 bridgehead atoms. The monoisotopic (exact) mass is 421 g/mol. The van der Waals surface area contributed by atoms with E-state index in [1.807, 2.05) is 0 Å². The molecule has 2 heterocycles. The zero-order valence-electron chi connectivity index (χ0n) is 16.6. The smallest absolute Gasteiger partial charge is 0.429 e. The number of ether oxygens (including phenoxy) is 1. The first-order chi connectivity index (χ1) is 14.3. The minimum absolute atomic E-state index is 0.116. The number of rotatable bonds is 8. The number of hydrogen-bond acceptors (Lipinski definition) is 5. The maximum atomic E-state index is 13.8. The normalized spacial score (nSPS) is 12.7. The number of aryl methyl sites for hydroxylation is 2. The topological polar surface area (TPSA) is 85.7 Å². The molecule has 0 saturated carbocycles. The minimum Gasteiger partial charge on any atom is -0.448 e. The van der Waals surface area contributed by atoms with Crippen molar-refractivity contribution in [3.8, 4) is 5.69 Å². The quantitative estimate of drug-likeness (QED) is 0.436. The van der Waals surface area contributed by atoms with Crippen LogP contribution in [-0.2, 0) is 16.0 Å². The van der Waals surface area contributed by atoms with Gasteiger partial charge in [0.25, 0.3) is 0 Å². The molecule has 160 valence electrons. The molecule has 30 heavy (non-hydrogen) atoms. The number of alkyl halides is 3. The molecular weight excluding hydrogens is 399 g/mol. The molecule has 3 aromatic rings. The standard InChI is InChI=1S/C20H22F3N5O2/c1-13-18(14(2)28(26-13)16-9-4-3-5-10-16)19(20(21,22)23)30-17(29)11-7-6-8-15-12-24-27-25-15/h3-5,9-10,12,19H,6-8,11H2,1-2H3,(H,24,25,27)/t19-/m1/s1. The summed E-state index contributed by atoms with van der Waals surface area (Å²) in [6.45, 7) is 3.01. The van der Waals surface area contributed by atoms with Gasteiger partial charge in [-0.15, -0.1) is 0 Å². The molecule has 2 aromatic heterocycles. The summed E-state index contributed by atoms with van der Waals surface area (Å²) < 4.78 is 47.7. The Labute approximate surface area is 171 Å². The van der Waals surface area contributed by atoms with Crippen LogP contribution in [0.3, 0.4) is 0 Å². The van der Waals surface area contributed by atoms with Crippen LogP contribution in [0.25, 0.3) is 5.69 Å². The van der Waals surface area contributed by atoms with Gasteiger partial charge in [-0.2, -0.15) is 33.7 Å². The molecule has 3 rings (SSSR count). The molecule has 0 radical (unpaired) electrons. The summed E-state index contributed by atoms with van der Waals surface area (Å²) in [5.41, 5.74) is 1.67. The molecule has 0 aliphatic rings. The van der Waals surface area contributed by atoms with E-state index in [1.54, 1.807) is 36.5 Å². The maximum Gasteiger partial charge on any atom is 0.429 e. The van der Waals surface area contributed by atoms with Crippen molar-refractivity contribution in [3.63, 3.8) is 0 Å². The van der Waals surface area contributed by atoms with E-state index in [0.29, 0.717) is 24.9 Å². The number of H-pyrrole nitrogens is 1. The van der Waals surface area contributed by atoms with Gasteiger partial charge in [0.2, 0.25) is 6.10 Å². The third-order valence-electron chi connectivity index (χ3n) is 4.69. The third-order valence-corrected chi connectivity index (χ3v) is 4.69. The molecule has 0 amide bonds. The Morgan fingerprint density at radius 2 is 1.93 bits per heavy atom. The molecule has 0 aliphatic carbocycles. The average Bonchev–Trinajstić information content (AvgIpc) is 3.31. The van der Waals surface area contributed by atoms with Crippen molar-refractivity contribution in [1.29, 1.82) is 0 Å². The second-order valence-corrected chi connectivity index (χ2v) is 6.91. The van der Waals surface area contributed by atoms with E-state index in [0.717, 1.165) is 5.69 Å². The van der Waals surface area contributed by atoms with E-state index in [1.165, 1.54) is 18.5 Å². The van der Waals surface area contributed by atoms with Crippen LogP contribution in [0.2, 0.25) is 0 Å². The molecule has 1 N–H and O–H groups in total. The Kier molecular flexibility index (Phi) is 6.53. The van der Waals surface area contributed by atoms with Crippen LogP contribution < -0.4 is 0 Å². The fourth-order valence-electron chi connectivity index (χ4n) is 3.26. The van der Waals surface area contributed by atoms with E-state index in [-0.39, 0.29) is 23.4 Å². The number of aromatic amines is 1. The van der Waals surface area contributed by atoms with Gasteiger partial charge < -0.3 is 4.74 Å². The number of nitrogens with zero attached hydrogens (tertiary/aromatic N) is 4. The predicted molar refractivity (Wildman–Crippen MR) is 102 cm³/mol. The summed E-state index contributed by atoms with van der Waals surface area (Å²) in [4.78, 5) is 12.2. The first kappa shape index (κ1) is 21.5. The Morgan fingerprint density at radius 3 is 2.57 bits per heavy atom. The molecule has 10 heteroatoms. The Morgan fingerprint density at radius 1 is 1.20 bits per heavy atom. The number of unbranched alkanes of at least 4 members (excludes halogenated alkanes) is 1. The van der Waals surface area contributed by atoms with Crippen LogP contribution in [0.5, 0.6) is 0 Å². The summed E-state index contributed by atoms with van der Waals surface area (Å²) in [7, 11) is 0. The highest BCUT2D eigenvalue weighted by molar-refractivity contribution is 5.69. The van der Waals surface area contributed by atoms with E-state index in [2.05, 4.69) is 20.5 Å². The van der Waals surface area contributed by atoms with Gasteiger partial charge in [-0.1, -0.05) is 18.2 Å². The van der Waals surface area contributed by atoms with Gasteiger partial charge in [0.15, 0.2) is 0 Å². The van der Waals surface area contributed by atoms with Crippen LogP contribution in [0.15, 0.2) is 36.5 Å². The van der Waals surface area contributed by atoms with Crippen molar-refractivity contribution < 1.29 is 22.7 Å². The molecule has 0 unspecified atom stereocenters. The second kappa shape index (κ2) is 9.10. The van der Waals surface area contributed by atoms with Gasteiger partial charge in [0.1, 0.15) is 0 Å². The van der Waals surface area contributed by atoms with E-state index >= 15 is 0 Å². The summed E-state index contributed by atoms with van der Waals surface area (Å²) in [5.74, 6) is -0.899. The fraction of sp³-hybridized carbons (Fsp3) is 0.400. The van der Waals surface area contributed by atoms with Crippen LogP contribution in [0.1, 0.15) is 48.0 Å². The minimum atomic E-state index is -4.75. The number of halogens is 3. The lowest BCUT2D eigenvalue weighted by Gasteiger charge is -2.21. The second-order valence-electron chi connectivity index (χ2n) is 6.91. The lowest BCUT2D eigenvalue weighted by atomic mass is 10.1. The maximum absolute atomic E-state index is 13.8. The largest absolute Gasteiger partial charge is 0.448 e. The highest BCUT2D eigenvalue weighted by atomic mass is 19.4. The molecule has 1 atom stereocenters. The first-order valence-corrected chi connectivity index (χ1v) is 9.49. The predicted octanol–water partition coefficient (Wildman–Crippen LogP) is 4.17. The van der Waals surface area contributed by atoms with E-state index in [9.17, 15) is 18.0 Å². The summed E-state index contributed by atoms with van der Waals surface area (Å²) in [6.07, 6.45) is -4.12. The van der Waals surface area contributed by atoms with Gasteiger partial charge in [0.05, 0.1) is 23.3 Å². The van der Waals surface area contributed by atoms with Crippen molar-refractivity contribution in [2.24, 2.45) is 0 Å². The Bertz CT molecular complexity index is 968. The van der Waals surface area contributed by atoms with Crippen LogP contribution in [0, 0.1) is 13.8 Å². The molecule has 1 aromatic carbocycles. The SMILES string of the molecule is Cc1nn(-c2ccccc2)c(C)c1[C@@H](OC(=O)CCCCc1cn[nH]n1)C(F)(F)F. The number of nitrogens with one attached hydrogen (secondary N) is 1. The van der Waals surface area contributed by atoms with Crippen LogP contribution >= 0.6 is 0 Å². The number of para-hydroxylation sites is 1. The number of benzene rings is 1. The van der Waals surface area contributed by atoms with Crippen molar-refractivity contribution >= 4 is 5.97 Å². The van der Waals surface area contributed by atoms with Gasteiger partial charge >= 0.3 is 12.1 Å². The first-order valence-electron chi connectivity index (χ1n) is 9.49. The third kappa shape index (κ3) is 5.05. The van der Waals surface area contributed by atoms with Crippen molar-refractivity contribution in [2.45, 2.75) is 51.8 Å². The number of aromatic nitrogens is 5. The number of carbonyl (C=O) groups is 1. The molecule has 0 fully saturated rings. The summed E-state index contributed by atoms with van der Waals surface area (Å²) in [5, 5.41) is 14.3. The Balaban J connectivity index is 1.72. The van der Waals surface area contributed by atoms with E-state index in [4.69, 9.17) is 4.74 Å². The van der Waals surface area contributed by atoms with Crippen LogP contribution in [0.4, 0.5) is 13.2 Å². The zero-order valence-corrected chi connectivity index (χ0v) is 16.6. The van der Waals surface area contributed by atoms with Gasteiger partial charge in [-0.3, -0.25) is 4.79 Å². The lowest BCUT2D eigenvalue weighted by molar-refractivity contribution is -0.224. The van der Waals surface area contributed by atoms with Crippen molar-refractivity contribution in [2.75, 3.05) is 0 Å². The van der Waals surface area contributed by atoms with Gasteiger partial charge in [-0.05, 0) is 45.2 Å². The van der Waals surface area contributed by atoms with E-state index < -0.39 is 18.2 Å². The number of carbonyl (C=O) groups excluding carboxylic acids is 1. The Hall–Kier alpha value is -3.17. The van der Waals surface area contributed by atoms with Crippen LogP contribution in [-0.4, -0.2) is 37.3 Å². The zero-order chi connectivity index (χ0) is 21.7. The van der Waals surface area contributed by atoms with Crippen molar-refractivity contribution in [3.05, 3.63) is 59.2 Å². The van der Waals surface area contributed by atoms with Gasteiger partial charge in [-0.25, -0.2) is 4.68 Å². The lowest BCUT2D eigenvalue weighted by Crippen LogP contribution is -2.27. The average molecular weight is 421 g/mol. The molecule has 0 spiro atoms.